The third-order valence-corrected chi connectivity index (χ3v) is 10.7. The van der Waals surface area contributed by atoms with Crippen molar-refractivity contribution in [3.8, 4) is 0 Å². The van der Waals surface area contributed by atoms with Crippen molar-refractivity contribution < 1.29 is 0 Å². The van der Waals surface area contributed by atoms with Crippen LogP contribution in [0, 0.1) is 10.8 Å². The van der Waals surface area contributed by atoms with Crippen LogP contribution in [0.3, 0.4) is 0 Å². The molecule has 0 N–H and O–H groups in total. The lowest BCUT2D eigenvalue weighted by Crippen LogP contribution is -2.37. The Hall–Kier alpha value is -4.71. The molecular formula is C48H66N4O2. The molecular weight excluding hydrogens is 665 g/mol. The second-order valence-electron chi connectivity index (χ2n) is 16.5. The summed E-state index contributed by atoms with van der Waals surface area (Å²) >= 11 is 0. The fraction of sp³-hybridized carbons (Fsp3) is 0.438. The van der Waals surface area contributed by atoms with Crippen molar-refractivity contribution in [3.63, 3.8) is 0 Å². The van der Waals surface area contributed by atoms with E-state index in [0.717, 1.165) is 4.57 Å². The largest absolute Gasteiger partial charge is 0.332 e. The van der Waals surface area contributed by atoms with Gasteiger partial charge in [-0.15, -0.1) is 0 Å². The van der Waals surface area contributed by atoms with Crippen molar-refractivity contribution in [2.24, 2.45) is 32.0 Å². The number of aryl methyl sites for hydroxylation is 2. The Bertz CT molecular complexity index is 2040. The molecule has 2 aromatic rings. The van der Waals surface area contributed by atoms with Gasteiger partial charge in [0.2, 0.25) is 0 Å². The van der Waals surface area contributed by atoms with Crippen LogP contribution in [-0.2, 0) is 21.1 Å². The first-order chi connectivity index (χ1) is 25.4. The first kappa shape index (κ1) is 43.7. The maximum absolute atomic E-state index is 11.7. The van der Waals surface area contributed by atoms with Gasteiger partial charge in [-0.1, -0.05) is 146 Å². The minimum Gasteiger partial charge on any atom is -0.328 e. The number of fused-ring (bicyclic) bond motifs is 1. The van der Waals surface area contributed by atoms with Crippen LogP contribution < -0.4 is 11.2 Å². The van der Waals surface area contributed by atoms with Gasteiger partial charge in [0.25, 0.3) is 5.56 Å². The highest BCUT2D eigenvalue weighted by Crippen LogP contribution is 2.41. The van der Waals surface area contributed by atoms with Crippen LogP contribution in [0.2, 0.25) is 0 Å². The van der Waals surface area contributed by atoms with E-state index < -0.39 is 0 Å². The predicted molar refractivity (Wildman–Crippen MR) is 233 cm³/mol. The van der Waals surface area contributed by atoms with Crippen LogP contribution in [0.5, 0.6) is 0 Å². The first-order valence-corrected chi connectivity index (χ1v) is 19.4. The molecule has 0 bridgehead atoms. The molecule has 290 valence electrons. The summed E-state index contributed by atoms with van der Waals surface area (Å²) in [6.07, 6.45) is 39.9. The third-order valence-electron chi connectivity index (χ3n) is 10.7. The SMILES string of the molecule is CC1=C(/C=C/C(C)=C/C=C/C(C)=C/C=C/C=C(C)/C=C/C=C(C)/C=C/C2=C(C)CCCC2(C)C)C(C)(C)CCC1.Cn1c(=O)c2c(ncn2C)n(C)c1=O. The molecule has 2 aliphatic carbocycles. The van der Waals surface area contributed by atoms with Crippen molar-refractivity contribution in [2.75, 3.05) is 0 Å². The molecule has 0 saturated heterocycles. The number of hydrogen-bond donors (Lipinski definition) is 0. The van der Waals surface area contributed by atoms with Gasteiger partial charge in [0.1, 0.15) is 0 Å². The minimum absolute atomic E-state index is 0.291. The Morgan fingerprint density at radius 2 is 1.04 bits per heavy atom. The monoisotopic (exact) mass is 731 g/mol. The number of imidazole rings is 1. The number of allylic oxidation sites excluding steroid dienone is 22. The molecule has 6 heteroatoms. The van der Waals surface area contributed by atoms with Gasteiger partial charge in [-0.25, -0.2) is 9.78 Å². The maximum atomic E-state index is 11.7. The van der Waals surface area contributed by atoms with E-state index in [0.29, 0.717) is 22.0 Å². The summed E-state index contributed by atoms with van der Waals surface area (Å²) in [4.78, 5) is 27.2. The standard InChI is InChI=1S/C40H56.C8H10N4O2/c1-31(19-13-21-33(3)25-27-37-35(5)23-15-29-39(37,7)8)17-11-12-18-32(2)20-14-22-34(4)26-28-38-36(6)24-16-30-40(38,9)10;1-10-4-9-6-5(10)7(13)12(3)8(14)11(6)2/h11-14,17-22,25-28H,15-16,23-24,29-30H2,1-10H3;4H,1-3H3/b12-11+,19-13+,20-14+,27-25+,28-26+,31-17+,32-18+,33-21+,34-22+;. The number of aromatic nitrogens is 4. The first-order valence-electron chi connectivity index (χ1n) is 19.4. The van der Waals surface area contributed by atoms with Gasteiger partial charge in [0.15, 0.2) is 11.2 Å². The predicted octanol–water partition coefficient (Wildman–Crippen LogP) is 11.6. The molecule has 4 rings (SSSR count). The zero-order chi connectivity index (χ0) is 40.2. The lowest BCUT2D eigenvalue weighted by Gasteiger charge is -2.33. The van der Waals surface area contributed by atoms with Crippen LogP contribution in [0.1, 0.15) is 108 Å². The van der Waals surface area contributed by atoms with Crippen LogP contribution in [0.25, 0.3) is 11.2 Å². The van der Waals surface area contributed by atoms with E-state index in [1.54, 1.807) is 29.8 Å². The summed E-state index contributed by atoms with van der Waals surface area (Å²) in [7, 11) is 4.77. The molecule has 0 radical (unpaired) electrons. The van der Waals surface area contributed by atoms with Gasteiger partial charge in [0.05, 0.1) is 6.33 Å². The summed E-state index contributed by atoms with van der Waals surface area (Å²) in [5, 5.41) is 0. The Balaban J connectivity index is 0.000000462. The quantitative estimate of drug-likeness (QED) is 0.229. The molecule has 6 nitrogen and oxygen atoms in total. The molecule has 0 saturated carbocycles. The topological polar surface area (TPSA) is 61.8 Å². The van der Waals surface area contributed by atoms with Crippen LogP contribution in [0.4, 0.5) is 0 Å². The molecule has 0 amide bonds. The minimum atomic E-state index is -0.360. The van der Waals surface area contributed by atoms with Gasteiger partial charge in [0, 0.05) is 21.1 Å². The lowest BCUT2D eigenvalue weighted by molar-refractivity contribution is 0.376. The van der Waals surface area contributed by atoms with Gasteiger partial charge in [-0.3, -0.25) is 13.9 Å². The normalized spacial score (nSPS) is 19.1. The molecule has 0 aromatic carbocycles. The van der Waals surface area contributed by atoms with Crippen molar-refractivity contribution in [1.29, 1.82) is 0 Å². The second-order valence-corrected chi connectivity index (χ2v) is 16.5. The Morgan fingerprint density at radius 3 is 1.46 bits per heavy atom. The zero-order valence-corrected chi connectivity index (χ0v) is 35.5. The summed E-state index contributed by atoms with van der Waals surface area (Å²) in [5.74, 6) is 0. The average molecular weight is 731 g/mol. The zero-order valence-electron chi connectivity index (χ0n) is 35.5. The van der Waals surface area contributed by atoms with Crippen LogP contribution in [0.15, 0.2) is 146 Å². The summed E-state index contributed by atoms with van der Waals surface area (Å²) in [6, 6.07) is 0. The van der Waals surface area contributed by atoms with Gasteiger partial charge in [-0.2, -0.15) is 0 Å². The van der Waals surface area contributed by atoms with Crippen molar-refractivity contribution in [3.05, 3.63) is 157 Å². The molecule has 2 aliphatic rings. The molecule has 0 atom stereocenters. The van der Waals surface area contributed by atoms with Gasteiger partial charge in [-0.05, 0) is 102 Å². The molecule has 0 spiro atoms. The van der Waals surface area contributed by atoms with E-state index in [-0.39, 0.29) is 11.2 Å². The van der Waals surface area contributed by atoms with E-state index in [4.69, 9.17) is 0 Å². The van der Waals surface area contributed by atoms with E-state index in [9.17, 15) is 9.59 Å². The van der Waals surface area contributed by atoms with Crippen LogP contribution >= 0.6 is 0 Å². The van der Waals surface area contributed by atoms with E-state index in [2.05, 4.69) is 159 Å². The van der Waals surface area contributed by atoms with E-state index >= 15 is 0 Å². The van der Waals surface area contributed by atoms with Crippen molar-refractivity contribution >= 4 is 11.2 Å². The van der Waals surface area contributed by atoms with E-state index in [1.807, 2.05) is 0 Å². The van der Waals surface area contributed by atoms with Crippen LogP contribution in [-0.4, -0.2) is 18.7 Å². The highest BCUT2D eigenvalue weighted by molar-refractivity contribution is 5.69. The highest BCUT2D eigenvalue weighted by atomic mass is 16.2. The fourth-order valence-electron chi connectivity index (χ4n) is 7.26. The highest BCUT2D eigenvalue weighted by Gasteiger charge is 2.27. The molecule has 2 aromatic heterocycles. The summed E-state index contributed by atoms with van der Waals surface area (Å²) in [5.41, 5.74) is 11.9. The van der Waals surface area contributed by atoms with Gasteiger partial charge < -0.3 is 4.57 Å². The third kappa shape index (κ3) is 12.2. The molecule has 0 unspecified atom stereocenters. The second kappa shape index (κ2) is 19.6. The van der Waals surface area contributed by atoms with Gasteiger partial charge >= 0.3 is 5.69 Å². The Morgan fingerprint density at radius 1 is 0.630 bits per heavy atom. The number of rotatable bonds is 10. The lowest BCUT2D eigenvalue weighted by atomic mass is 9.72. The molecule has 0 aliphatic heterocycles. The Labute approximate surface area is 325 Å². The van der Waals surface area contributed by atoms with Crippen molar-refractivity contribution in [2.45, 2.75) is 108 Å². The average Bonchev–Trinajstić information content (AvgIpc) is 3.49. The summed E-state index contributed by atoms with van der Waals surface area (Å²) < 4.78 is 4.04. The maximum Gasteiger partial charge on any atom is 0.332 e. The number of nitrogens with zero attached hydrogens (tertiary/aromatic N) is 4. The Kier molecular flexibility index (Phi) is 15.8. The van der Waals surface area contributed by atoms with Crippen molar-refractivity contribution in [1.82, 2.24) is 18.7 Å². The molecule has 2 heterocycles. The fourth-order valence-corrected chi connectivity index (χ4v) is 7.26. The molecule has 0 fully saturated rings. The molecule has 54 heavy (non-hydrogen) atoms. The number of hydrogen-bond acceptors (Lipinski definition) is 3. The smallest absolute Gasteiger partial charge is 0.328 e. The van der Waals surface area contributed by atoms with E-state index in [1.165, 1.54) is 89.9 Å². The summed E-state index contributed by atoms with van der Waals surface area (Å²) in [6.45, 7) is 22.7.